The van der Waals surface area contributed by atoms with E-state index in [2.05, 4.69) is 10.2 Å². The molecule has 2 rings (SSSR count). The van der Waals surface area contributed by atoms with Crippen molar-refractivity contribution in [2.75, 3.05) is 26.7 Å². The van der Waals surface area contributed by atoms with Gasteiger partial charge in [0.1, 0.15) is 11.6 Å². The van der Waals surface area contributed by atoms with Gasteiger partial charge in [-0.15, -0.1) is 0 Å². The molecular weight excluding hydrogens is 234 g/mol. The summed E-state index contributed by atoms with van der Waals surface area (Å²) in [6.07, 6.45) is 2.37. The maximum Gasteiger partial charge on any atom is 0.130 e. The van der Waals surface area contributed by atoms with Gasteiger partial charge < -0.3 is 5.32 Å². The molecule has 0 aliphatic carbocycles. The molecule has 1 aliphatic rings. The van der Waals surface area contributed by atoms with E-state index in [0.29, 0.717) is 18.0 Å². The molecule has 0 amide bonds. The van der Waals surface area contributed by atoms with Crippen LogP contribution in [-0.2, 0) is 6.54 Å². The standard InChI is InChI=1S/C14H20F2N2/c1-17-8-11-3-2-6-18(9-11)10-12-4-5-13(15)7-14(12)16/h4-5,7,11,17H,2-3,6,8-10H2,1H3. The lowest BCUT2D eigenvalue weighted by atomic mass is 9.97. The Kier molecular flexibility index (Phi) is 4.66. The van der Waals surface area contributed by atoms with Gasteiger partial charge in [0, 0.05) is 24.7 Å². The van der Waals surface area contributed by atoms with Crippen molar-refractivity contribution in [2.45, 2.75) is 19.4 Å². The van der Waals surface area contributed by atoms with Crippen LogP contribution in [-0.4, -0.2) is 31.6 Å². The summed E-state index contributed by atoms with van der Waals surface area (Å²) in [6.45, 7) is 3.56. The number of benzene rings is 1. The average molecular weight is 254 g/mol. The van der Waals surface area contributed by atoms with Crippen LogP contribution in [0.25, 0.3) is 0 Å². The summed E-state index contributed by atoms with van der Waals surface area (Å²) in [5, 5.41) is 3.19. The van der Waals surface area contributed by atoms with Gasteiger partial charge in [-0.3, -0.25) is 4.90 Å². The first kappa shape index (κ1) is 13.4. The molecule has 1 N–H and O–H groups in total. The highest BCUT2D eigenvalue weighted by molar-refractivity contribution is 5.18. The Bertz CT molecular complexity index is 393. The monoisotopic (exact) mass is 254 g/mol. The van der Waals surface area contributed by atoms with E-state index < -0.39 is 11.6 Å². The van der Waals surface area contributed by atoms with Gasteiger partial charge in [-0.2, -0.15) is 0 Å². The zero-order valence-corrected chi connectivity index (χ0v) is 10.8. The Morgan fingerprint density at radius 2 is 2.22 bits per heavy atom. The summed E-state index contributed by atoms with van der Waals surface area (Å²) in [5.74, 6) is -0.319. The summed E-state index contributed by atoms with van der Waals surface area (Å²) < 4.78 is 26.4. The SMILES string of the molecule is CNCC1CCCN(Cc2ccc(F)cc2F)C1. The van der Waals surface area contributed by atoms with Crippen molar-refractivity contribution in [1.29, 1.82) is 0 Å². The quantitative estimate of drug-likeness (QED) is 0.887. The normalized spacial score (nSPS) is 21.2. The second-order valence-corrected chi connectivity index (χ2v) is 5.04. The lowest BCUT2D eigenvalue weighted by Crippen LogP contribution is -2.38. The Morgan fingerprint density at radius 1 is 1.39 bits per heavy atom. The molecule has 4 heteroatoms. The molecule has 0 saturated carbocycles. The van der Waals surface area contributed by atoms with E-state index >= 15 is 0 Å². The molecule has 0 radical (unpaired) electrons. The largest absolute Gasteiger partial charge is 0.319 e. The van der Waals surface area contributed by atoms with Crippen LogP contribution in [0.4, 0.5) is 8.78 Å². The maximum atomic E-state index is 13.6. The van der Waals surface area contributed by atoms with Crippen molar-refractivity contribution in [3.05, 3.63) is 35.4 Å². The van der Waals surface area contributed by atoms with E-state index in [9.17, 15) is 8.78 Å². The highest BCUT2D eigenvalue weighted by Crippen LogP contribution is 2.19. The molecule has 0 aromatic heterocycles. The van der Waals surface area contributed by atoms with Crippen molar-refractivity contribution in [2.24, 2.45) is 5.92 Å². The van der Waals surface area contributed by atoms with E-state index in [0.717, 1.165) is 32.1 Å². The summed E-state index contributed by atoms with van der Waals surface area (Å²) >= 11 is 0. The van der Waals surface area contributed by atoms with Crippen LogP contribution in [0.3, 0.4) is 0 Å². The summed E-state index contributed by atoms with van der Waals surface area (Å²) in [6, 6.07) is 3.84. The van der Waals surface area contributed by atoms with Crippen molar-refractivity contribution in [3.63, 3.8) is 0 Å². The summed E-state index contributed by atoms with van der Waals surface area (Å²) in [5.41, 5.74) is 0.585. The van der Waals surface area contributed by atoms with Crippen LogP contribution >= 0.6 is 0 Å². The first-order valence-corrected chi connectivity index (χ1v) is 6.50. The molecule has 100 valence electrons. The molecule has 1 fully saturated rings. The molecule has 1 atom stereocenters. The van der Waals surface area contributed by atoms with Crippen LogP contribution in [0.1, 0.15) is 18.4 Å². The van der Waals surface area contributed by atoms with Crippen molar-refractivity contribution < 1.29 is 8.78 Å². The number of nitrogens with one attached hydrogen (secondary N) is 1. The molecule has 1 aromatic carbocycles. The predicted octanol–water partition coefficient (Wildman–Crippen LogP) is 2.40. The molecular formula is C14H20F2N2. The Hall–Kier alpha value is -1.00. The fourth-order valence-corrected chi connectivity index (χ4v) is 2.64. The summed E-state index contributed by atoms with van der Waals surface area (Å²) in [7, 11) is 1.96. The average Bonchev–Trinajstić information content (AvgIpc) is 2.34. The highest BCUT2D eigenvalue weighted by atomic mass is 19.1. The number of hydrogen-bond donors (Lipinski definition) is 1. The van der Waals surface area contributed by atoms with E-state index in [1.165, 1.54) is 12.5 Å². The number of hydrogen-bond acceptors (Lipinski definition) is 2. The molecule has 1 aromatic rings. The maximum absolute atomic E-state index is 13.6. The van der Waals surface area contributed by atoms with Gasteiger partial charge >= 0.3 is 0 Å². The van der Waals surface area contributed by atoms with E-state index in [4.69, 9.17) is 0 Å². The van der Waals surface area contributed by atoms with Crippen LogP contribution in [0.5, 0.6) is 0 Å². The minimum atomic E-state index is -0.511. The number of piperidine rings is 1. The lowest BCUT2D eigenvalue weighted by Gasteiger charge is -2.32. The fraction of sp³-hybridized carbons (Fsp3) is 0.571. The molecule has 1 unspecified atom stereocenters. The Morgan fingerprint density at radius 3 is 2.94 bits per heavy atom. The minimum Gasteiger partial charge on any atom is -0.319 e. The minimum absolute atomic E-state index is 0.439. The van der Waals surface area contributed by atoms with Crippen molar-refractivity contribution in [3.8, 4) is 0 Å². The Labute approximate surface area is 107 Å². The number of likely N-dealkylation sites (tertiary alicyclic amines) is 1. The third-order valence-electron chi connectivity index (χ3n) is 3.50. The molecule has 2 nitrogen and oxygen atoms in total. The van der Waals surface area contributed by atoms with Gasteiger partial charge in [-0.25, -0.2) is 8.78 Å². The van der Waals surface area contributed by atoms with Crippen LogP contribution in [0, 0.1) is 17.6 Å². The fourth-order valence-electron chi connectivity index (χ4n) is 2.64. The van der Waals surface area contributed by atoms with Crippen molar-refractivity contribution in [1.82, 2.24) is 10.2 Å². The van der Waals surface area contributed by atoms with E-state index in [1.807, 2.05) is 7.05 Å². The van der Waals surface area contributed by atoms with Crippen LogP contribution in [0.2, 0.25) is 0 Å². The lowest BCUT2D eigenvalue weighted by molar-refractivity contribution is 0.165. The van der Waals surface area contributed by atoms with Crippen molar-refractivity contribution >= 4 is 0 Å². The van der Waals surface area contributed by atoms with Gasteiger partial charge in [-0.1, -0.05) is 6.07 Å². The Balaban J connectivity index is 1.96. The molecule has 1 saturated heterocycles. The van der Waals surface area contributed by atoms with Gasteiger partial charge in [0.05, 0.1) is 0 Å². The smallest absolute Gasteiger partial charge is 0.130 e. The van der Waals surface area contributed by atoms with Gasteiger partial charge in [0.25, 0.3) is 0 Å². The molecule has 18 heavy (non-hydrogen) atoms. The molecule has 0 bridgehead atoms. The topological polar surface area (TPSA) is 15.3 Å². The number of rotatable bonds is 4. The van der Waals surface area contributed by atoms with Crippen LogP contribution < -0.4 is 5.32 Å². The van der Waals surface area contributed by atoms with E-state index in [-0.39, 0.29) is 0 Å². The van der Waals surface area contributed by atoms with Crippen LogP contribution in [0.15, 0.2) is 18.2 Å². The number of halogens is 2. The second-order valence-electron chi connectivity index (χ2n) is 5.04. The zero-order valence-electron chi connectivity index (χ0n) is 10.8. The zero-order chi connectivity index (χ0) is 13.0. The van der Waals surface area contributed by atoms with Gasteiger partial charge in [-0.05, 0) is 45.0 Å². The molecule has 0 spiro atoms. The first-order chi connectivity index (χ1) is 8.69. The first-order valence-electron chi connectivity index (χ1n) is 6.50. The van der Waals surface area contributed by atoms with E-state index in [1.54, 1.807) is 6.07 Å². The molecule has 1 aliphatic heterocycles. The molecule has 1 heterocycles. The third kappa shape index (κ3) is 3.50. The predicted molar refractivity (Wildman–Crippen MR) is 68.3 cm³/mol. The highest BCUT2D eigenvalue weighted by Gasteiger charge is 2.20. The van der Waals surface area contributed by atoms with Gasteiger partial charge in [0.2, 0.25) is 0 Å². The van der Waals surface area contributed by atoms with Gasteiger partial charge in [0.15, 0.2) is 0 Å². The third-order valence-corrected chi connectivity index (χ3v) is 3.50. The number of nitrogens with zero attached hydrogens (tertiary/aromatic N) is 1. The summed E-state index contributed by atoms with van der Waals surface area (Å²) in [4.78, 5) is 2.25. The second kappa shape index (κ2) is 6.25.